The summed E-state index contributed by atoms with van der Waals surface area (Å²) in [6.45, 7) is 5.14. The summed E-state index contributed by atoms with van der Waals surface area (Å²) in [7, 11) is 3.20. The van der Waals surface area contributed by atoms with Gasteiger partial charge in [-0.15, -0.1) is 0 Å². The molecule has 0 heterocycles. The first-order chi connectivity index (χ1) is 11.2. The summed E-state index contributed by atoms with van der Waals surface area (Å²) in [5, 5.41) is 11.3. The Balaban J connectivity index is 2.91. The van der Waals surface area contributed by atoms with Crippen LogP contribution in [0.2, 0.25) is 0 Å². The highest BCUT2D eigenvalue weighted by Crippen LogP contribution is 2.25. The fraction of sp³-hybridized carbons (Fsp3) is 0.471. The number of nitrogens with one attached hydrogen (secondary N) is 1. The quantitative estimate of drug-likeness (QED) is 0.780. The number of aryl methyl sites for hydroxylation is 2. The minimum atomic E-state index is -1.06. The Morgan fingerprint density at radius 3 is 2.25 bits per heavy atom. The largest absolute Gasteiger partial charge is 0.481 e. The summed E-state index contributed by atoms with van der Waals surface area (Å²) in [4.78, 5) is 36.2. The molecule has 7 heteroatoms. The molecule has 0 aromatic heterocycles. The Bertz CT molecular complexity index is 619. The number of benzene rings is 1. The van der Waals surface area contributed by atoms with E-state index in [0.29, 0.717) is 29.0 Å². The van der Waals surface area contributed by atoms with E-state index in [4.69, 9.17) is 9.84 Å². The number of amides is 2. The molecule has 2 N–H and O–H groups in total. The lowest BCUT2D eigenvalue weighted by Crippen LogP contribution is -2.37. The number of carboxylic acids is 1. The van der Waals surface area contributed by atoms with E-state index < -0.39 is 12.6 Å². The van der Waals surface area contributed by atoms with Crippen LogP contribution in [0.1, 0.15) is 28.4 Å². The highest BCUT2D eigenvalue weighted by molar-refractivity contribution is 5.95. The second kappa shape index (κ2) is 8.33. The predicted octanol–water partition coefficient (Wildman–Crippen LogP) is 1.22. The van der Waals surface area contributed by atoms with E-state index in [1.54, 1.807) is 47.0 Å². The maximum Gasteiger partial charge on any atom is 0.341 e. The molecule has 132 valence electrons. The molecule has 0 spiro atoms. The van der Waals surface area contributed by atoms with E-state index in [-0.39, 0.29) is 17.7 Å². The first-order valence-electron chi connectivity index (χ1n) is 7.60. The van der Waals surface area contributed by atoms with E-state index in [2.05, 4.69) is 5.32 Å². The summed E-state index contributed by atoms with van der Waals surface area (Å²) in [6.07, 6.45) is 0. The summed E-state index contributed by atoms with van der Waals surface area (Å²) in [6, 6.07) is 3.32. The SMILES string of the molecule is CNC(=O)C(C)CN(C)C(=O)c1cc(C)c(OCC(=O)O)c(C)c1. The molecule has 0 bridgehead atoms. The number of ether oxygens (including phenoxy) is 1. The Labute approximate surface area is 141 Å². The van der Waals surface area contributed by atoms with Crippen molar-refractivity contribution in [2.24, 2.45) is 5.92 Å². The molecule has 7 nitrogen and oxygen atoms in total. The zero-order valence-electron chi connectivity index (χ0n) is 14.7. The average molecular weight is 336 g/mol. The Morgan fingerprint density at radius 1 is 1.25 bits per heavy atom. The Kier molecular flexibility index (Phi) is 6.76. The van der Waals surface area contributed by atoms with Gasteiger partial charge in [-0.2, -0.15) is 0 Å². The Morgan fingerprint density at radius 2 is 1.79 bits per heavy atom. The van der Waals surface area contributed by atoms with Gasteiger partial charge in [0.25, 0.3) is 5.91 Å². The molecule has 0 radical (unpaired) electrons. The van der Waals surface area contributed by atoms with Gasteiger partial charge in [-0.05, 0) is 37.1 Å². The van der Waals surface area contributed by atoms with Crippen molar-refractivity contribution in [3.05, 3.63) is 28.8 Å². The van der Waals surface area contributed by atoms with Crippen molar-refractivity contribution in [1.82, 2.24) is 10.2 Å². The van der Waals surface area contributed by atoms with Gasteiger partial charge in [0.2, 0.25) is 5.91 Å². The van der Waals surface area contributed by atoms with Crippen LogP contribution in [0.4, 0.5) is 0 Å². The van der Waals surface area contributed by atoms with Gasteiger partial charge in [0.15, 0.2) is 6.61 Å². The smallest absolute Gasteiger partial charge is 0.341 e. The number of nitrogens with zero attached hydrogens (tertiary/aromatic N) is 1. The highest BCUT2D eigenvalue weighted by atomic mass is 16.5. The van der Waals surface area contributed by atoms with Crippen molar-refractivity contribution in [2.45, 2.75) is 20.8 Å². The lowest BCUT2D eigenvalue weighted by atomic mass is 10.0. The number of hydrogen-bond donors (Lipinski definition) is 2. The van der Waals surface area contributed by atoms with Crippen molar-refractivity contribution >= 4 is 17.8 Å². The van der Waals surface area contributed by atoms with Crippen molar-refractivity contribution in [3.63, 3.8) is 0 Å². The van der Waals surface area contributed by atoms with Gasteiger partial charge in [-0.25, -0.2) is 4.79 Å². The third kappa shape index (κ3) is 4.97. The second-order valence-electron chi connectivity index (χ2n) is 5.82. The fourth-order valence-electron chi connectivity index (χ4n) is 2.48. The number of carbonyl (C=O) groups excluding carboxylic acids is 2. The van der Waals surface area contributed by atoms with Crippen LogP contribution in [-0.4, -0.2) is 55.0 Å². The molecule has 0 aliphatic carbocycles. The molecule has 0 aliphatic heterocycles. The highest BCUT2D eigenvalue weighted by Gasteiger charge is 2.20. The zero-order chi connectivity index (χ0) is 18.4. The van der Waals surface area contributed by atoms with E-state index >= 15 is 0 Å². The van der Waals surface area contributed by atoms with Crippen molar-refractivity contribution in [1.29, 1.82) is 0 Å². The standard InChI is InChI=1S/C17H24N2O5/c1-10-6-13(7-11(2)15(10)24-9-14(20)21)17(23)19(5)8-12(3)16(22)18-4/h6-7,12H,8-9H2,1-5H3,(H,18,22)(H,20,21). The molecule has 0 saturated heterocycles. The van der Waals surface area contributed by atoms with Gasteiger partial charge < -0.3 is 20.1 Å². The lowest BCUT2D eigenvalue weighted by molar-refractivity contribution is -0.139. The number of carbonyl (C=O) groups is 3. The van der Waals surface area contributed by atoms with Crippen LogP contribution in [-0.2, 0) is 9.59 Å². The molecule has 0 saturated carbocycles. The third-order valence-electron chi connectivity index (χ3n) is 3.64. The molecule has 2 amide bonds. The van der Waals surface area contributed by atoms with Gasteiger partial charge in [0.1, 0.15) is 5.75 Å². The van der Waals surface area contributed by atoms with E-state index in [0.717, 1.165) is 0 Å². The fourth-order valence-corrected chi connectivity index (χ4v) is 2.48. The third-order valence-corrected chi connectivity index (χ3v) is 3.64. The first-order valence-corrected chi connectivity index (χ1v) is 7.60. The normalized spacial score (nSPS) is 11.5. The monoisotopic (exact) mass is 336 g/mol. The lowest BCUT2D eigenvalue weighted by Gasteiger charge is -2.22. The molecule has 0 aliphatic rings. The molecular formula is C17H24N2O5. The maximum absolute atomic E-state index is 12.5. The van der Waals surface area contributed by atoms with Gasteiger partial charge in [-0.1, -0.05) is 6.92 Å². The van der Waals surface area contributed by atoms with Crippen LogP contribution in [0.15, 0.2) is 12.1 Å². The number of rotatable bonds is 7. The van der Waals surface area contributed by atoms with Gasteiger partial charge in [0.05, 0.1) is 5.92 Å². The number of hydrogen-bond acceptors (Lipinski definition) is 4. The first kappa shape index (κ1) is 19.5. The summed E-state index contributed by atoms with van der Waals surface area (Å²) in [5.41, 5.74) is 1.85. The van der Waals surface area contributed by atoms with Crippen LogP contribution in [0.5, 0.6) is 5.75 Å². The van der Waals surface area contributed by atoms with Crippen molar-refractivity contribution < 1.29 is 24.2 Å². The van der Waals surface area contributed by atoms with Crippen LogP contribution in [0, 0.1) is 19.8 Å². The molecule has 0 fully saturated rings. The van der Waals surface area contributed by atoms with Crippen molar-refractivity contribution in [2.75, 3.05) is 27.2 Å². The molecule has 24 heavy (non-hydrogen) atoms. The predicted molar refractivity (Wildman–Crippen MR) is 89.2 cm³/mol. The summed E-state index contributed by atoms with van der Waals surface area (Å²) in [5.74, 6) is -1.24. The van der Waals surface area contributed by atoms with Gasteiger partial charge in [-0.3, -0.25) is 9.59 Å². The van der Waals surface area contributed by atoms with Crippen LogP contribution >= 0.6 is 0 Å². The zero-order valence-corrected chi connectivity index (χ0v) is 14.7. The van der Waals surface area contributed by atoms with E-state index in [1.807, 2.05) is 0 Å². The number of aliphatic carboxylic acids is 1. The van der Waals surface area contributed by atoms with Crippen LogP contribution in [0.25, 0.3) is 0 Å². The average Bonchev–Trinajstić information content (AvgIpc) is 2.51. The topological polar surface area (TPSA) is 95.9 Å². The summed E-state index contributed by atoms with van der Waals surface area (Å²) < 4.78 is 5.26. The van der Waals surface area contributed by atoms with E-state index in [1.165, 1.54) is 4.90 Å². The Hall–Kier alpha value is -2.57. The van der Waals surface area contributed by atoms with Crippen LogP contribution in [0.3, 0.4) is 0 Å². The number of carboxylic acid groups (broad SMARTS) is 1. The van der Waals surface area contributed by atoms with Gasteiger partial charge in [0, 0.05) is 26.2 Å². The summed E-state index contributed by atoms with van der Waals surface area (Å²) >= 11 is 0. The second-order valence-corrected chi connectivity index (χ2v) is 5.82. The van der Waals surface area contributed by atoms with Gasteiger partial charge >= 0.3 is 5.97 Å². The minimum Gasteiger partial charge on any atom is -0.481 e. The van der Waals surface area contributed by atoms with Crippen molar-refractivity contribution in [3.8, 4) is 5.75 Å². The molecule has 1 aromatic rings. The maximum atomic E-state index is 12.5. The minimum absolute atomic E-state index is 0.126. The molecular weight excluding hydrogens is 312 g/mol. The molecule has 1 unspecified atom stereocenters. The van der Waals surface area contributed by atoms with Crippen LogP contribution < -0.4 is 10.1 Å². The molecule has 1 atom stereocenters. The van der Waals surface area contributed by atoms with E-state index in [9.17, 15) is 14.4 Å². The molecule has 1 rings (SSSR count). The molecule has 1 aromatic carbocycles.